The molecule has 0 saturated carbocycles. The Kier molecular flexibility index (Phi) is 6.90. The summed E-state index contributed by atoms with van der Waals surface area (Å²) in [7, 11) is -0.448. The quantitative estimate of drug-likeness (QED) is 0.546. The number of rotatable bonds is 7. The molecule has 0 atom stereocenters. The van der Waals surface area contributed by atoms with Crippen LogP contribution in [0, 0.1) is 13.8 Å². The van der Waals surface area contributed by atoms with Gasteiger partial charge < -0.3 is 19.7 Å². The molecule has 0 spiro atoms. The smallest absolute Gasteiger partial charge is 0.243 e. The predicted octanol–water partition coefficient (Wildman–Crippen LogP) is 3.37. The van der Waals surface area contributed by atoms with E-state index in [1.165, 1.54) is 11.4 Å². The van der Waals surface area contributed by atoms with Gasteiger partial charge in [0, 0.05) is 49.7 Å². The molecule has 3 aromatic rings. The van der Waals surface area contributed by atoms with E-state index in [4.69, 9.17) is 9.47 Å². The van der Waals surface area contributed by atoms with Crippen molar-refractivity contribution in [2.75, 3.05) is 50.6 Å². The Hall–Kier alpha value is -3.37. The Labute approximate surface area is 200 Å². The van der Waals surface area contributed by atoms with Crippen molar-refractivity contribution in [2.24, 2.45) is 0 Å². The highest BCUT2D eigenvalue weighted by Crippen LogP contribution is 2.26. The molecule has 0 radical (unpaired) electrons. The van der Waals surface area contributed by atoms with Crippen LogP contribution in [0.1, 0.15) is 11.3 Å². The molecule has 1 aromatic heterocycles. The number of nitrogens with one attached hydrogen (secondary N) is 1. The molecule has 180 valence electrons. The van der Waals surface area contributed by atoms with Gasteiger partial charge in [-0.05, 0) is 49.7 Å². The first kappa shape index (κ1) is 23.8. The van der Waals surface area contributed by atoms with Gasteiger partial charge in [0.05, 0.1) is 19.1 Å². The molecule has 0 bridgehead atoms. The van der Waals surface area contributed by atoms with E-state index in [-0.39, 0.29) is 4.90 Å². The lowest BCUT2D eigenvalue weighted by Crippen LogP contribution is -2.49. The molecule has 9 nitrogen and oxygen atoms in total. The van der Waals surface area contributed by atoms with Crippen LogP contribution in [0.4, 0.5) is 17.5 Å². The van der Waals surface area contributed by atoms with Gasteiger partial charge in [-0.15, -0.1) is 0 Å². The molecule has 0 unspecified atom stereocenters. The average Bonchev–Trinajstić information content (AvgIpc) is 2.84. The van der Waals surface area contributed by atoms with Crippen LogP contribution in [0.2, 0.25) is 0 Å². The Bertz CT molecular complexity index is 1260. The lowest BCUT2D eigenvalue weighted by Gasteiger charge is -2.34. The van der Waals surface area contributed by atoms with Gasteiger partial charge in [-0.3, -0.25) is 0 Å². The molecular formula is C24H29N5O4S. The van der Waals surface area contributed by atoms with Crippen LogP contribution >= 0.6 is 0 Å². The van der Waals surface area contributed by atoms with Gasteiger partial charge in [0.25, 0.3) is 0 Å². The molecular weight excluding hydrogens is 454 g/mol. The van der Waals surface area contributed by atoms with E-state index in [0.29, 0.717) is 43.7 Å². The van der Waals surface area contributed by atoms with E-state index in [1.54, 1.807) is 25.3 Å². The van der Waals surface area contributed by atoms with Gasteiger partial charge in [0.2, 0.25) is 16.0 Å². The van der Waals surface area contributed by atoms with Crippen molar-refractivity contribution < 1.29 is 17.9 Å². The molecule has 1 saturated heterocycles. The van der Waals surface area contributed by atoms with Crippen molar-refractivity contribution in [1.82, 2.24) is 14.3 Å². The maximum atomic E-state index is 13.2. The Balaban J connectivity index is 1.46. The number of hydrogen-bond donors (Lipinski definition) is 1. The number of aryl methyl sites for hydroxylation is 2. The van der Waals surface area contributed by atoms with Crippen molar-refractivity contribution in [3.05, 3.63) is 59.8 Å². The first-order chi connectivity index (χ1) is 16.3. The van der Waals surface area contributed by atoms with Gasteiger partial charge in [0.1, 0.15) is 17.3 Å². The Morgan fingerprint density at radius 3 is 2.24 bits per heavy atom. The minimum atomic E-state index is -3.62. The molecule has 0 aliphatic carbocycles. The number of methoxy groups -OCH3 is 2. The van der Waals surface area contributed by atoms with E-state index in [9.17, 15) is 8.42 Å². The molecule has 1 aliphatic heterocycles. The second-order valence-corrected chi connectivity index (χ2v) is 10.0. The highest BCUT2D eigenvalue weighted by Gasteiger charge is 2.30. The van der Waals surface area contributed by atoms with Crippen LogP contribution in [-0.4, -0.2) is 63.1 Å². The first-order valence-electron chi connectivity index (χ1n) is 11.0. The highest BCUT2D eigenvalue weighted by molar-refractivity contribution is 7.89. The number of ether oxygens (including phenoxy) is 2. The van der Waals surface area contributed by atoms with Crippen LogP contribution in [0.15, 0.2) is 53.4 Å². The lowest BCUT2D eigenvalue weighted by molar-refractivity contribution is 0.381. The molecule has 10 heteroatoms. The van der Waals surface area contributed by atoms with E-state index in [0.717, 1.165) is 22.7 Å². The fraction of sp³-hybridized carbons (Fsp3) is 0.333. The van der Waals surface area contributed by atoms with E-state index < -0.39 is 10.0 Å². The molecule has 1 N–H and O–H groups in total. The summed E-state index contributed by atoms with van der Waals surface area (Å²) in [5.41, 5.74) is 2.60. The van der Waals surface area contributed by atoms with E-state index in [2.05, 4.69) is 15.3 Å². The third-order valence-corrected chi connectivity index (χ3v) is 7.64. The molecule has 0 amide bonds. The minimum absolute atomic E-state index is 0.237. The van der Waals surface area contributed by atoms with Crippen molar-refractivity contribution in [2.45, 2.75) is 18.7 Å². The number of nitrogens with zero attached hydrogens (tertiary/aromatic N) is 4. The van der Waals surface area contributed by atoms with Crippen LogP contribution < -0.4 is 19.7 Å². The van der Waals surface area contributed by atoms with Crippen LogP contribution in [-0.2, 0) is 10.0 Å². The number of hydrogen-bond acceptors (Lipinski definition) is 8. The molecule has 2 aromatic carbocycles. The van der Waals surface area contributed by atoms with E-state index >= 15 is 0 Å². The monoisotopic (exact) mass is 483 g/mol. The maximum absolute atomic E-state index is 13.2. The second-order valence-electron chi connectivity index (χ2n) is 8.07. The summed E-state index contributed by atoms with van der Waals surface area (Å²) in [5, 5.41) is 3.29. The number of sulfonamides is 1. The fourth-order valence-corrected chi connectivity index (χ4v) is 5.26. The van der Waals surface area contributed by atoms with Crippen molar-refractivity contribution in [3.8, 4) is 11.5 Å². The molecule has 4 rings (SSSR count). The second kappa shape index (κ2) is 9.86. The van der Waals surface area contributed by atoms with Gasteiger partial charge in [-0.25, -0.2) is 13.4 Å². The summed E-state index contributed by atoms with van der Waals surface area (Å²) in [5.74, 6) is 2.59. The van der Waals surface area contributed by atoms with Crippen LogP contribution in [0.25, 0.3) is 0 Å². The molecule has 1 fully saturated rings. The summed E-state index contributed by atoms with van der Waals surface area (Å²) in [4.78, 5) is 11.5. The van der Waals surface area contributed by atoms with Gasteiger partial charge >= 0.3 is 0 Å². The van der Waals surface area contributed by atoms with Crippen molar-refractivity contribution in [1.29, 1.82) is 0 Å². The first-order valence-corrected chi connectivity index (χ1v) is 12.4. The van der Waals surface area contributed by atoms with Crippen LogP contribution in [0.5, 0.6) is 11.5 Å². The van der Waals surface area contributed by atoms with Crippen molar-refractivity contribution in [3.63, 3.8) is 0 Å². The third kappa shape index (κ3) is 5.07. The van der Waals surface area contributed by atoms with Crippen LogP contribution in [0.3, 0.4) is 0 Å². The predicted molar refractivity (Wildman–Crippen MR) is 132 cm³/mol. The highest BCUT2D eigenvalue weighted by atomic mass is 32.2. The molecule has 2 heterocycles. The zero-order chi connectivity index (χ0) is 24.3. The summed E-state index contributed by atoms with van der Waals surface area (Å²) in [6.07, 6.45) is 0. The normalized spacial score (nSPS) is 14.6. The summed E-state index contributed by atoms with van der Waals surface area (Å²) in [6, 6.07) is 14.4. The fourth-order valence-electron chi connectivity index (χ4n) is 3.82. The SMILES string of the molecule is COc1ccc(Nc2cc(C)nc(N3CCN(S(=O)(=O)c4ccc(C)c(OC)c4)CC3)n2)cc1. The molecule has 34 heavy (non-hydrogen) atoms. The summed E-state index contributed by atoms with van der Waals surface area (Å²) < 4.78 is 38.3. The number of piperazine rings is 1. The average molecular weight is 484 g/mol. The Morgan fingerprint density at radius 1 is 0.882 bits per heavy atom. The largest absolute Gasteiger partial charge is 0.497 e. The number of aromatic nitrogens is 2. The zero-order valence-corrected chi connectivity index (χ0v) is 20.6. The number of anilines is 3. The van der Waals surface area contributed by atoms with Gasteiger partial charge in [-0.2, -0.15) is 9.29 Å². The summed E-state index contributed by atoms with van der Waals surface area (Å²) >= 11 is 0. The van der Waals surface area contributed by atoms with E-state index in [1.807, 2.05) is 49.1 Å². The topological polar surface area (TPSA) is 96.9 Å². The number of benzene rings is 2. The lowest BCUT2D eigenvalue weighted by atomic mass is 10.2. The summed E-state index contributed by atoms with van der Waals surface area (Å²) in [6.45, 7) is 5.47. The minimum Gasteiger partial charge on any atom is -0.497 e. The van der Waals surface area contributed by atoms with Crippen molar-refractivity contribution >= 4 is 27.5 Å². The maximum Gasteiger partial charge on any atom is 0.243 e. The standard InChI is InChI=1S/C24H29N5O4S/c1-17-5-10-21(16-22(17)33-4)34(30,31)29-13-11-28(12-14-29)24-25-18(2)15-23(27-24)26-19-6-8-20(32-3)9-7-19/h5-10,15-16H,11-14H2,1-4H3,(H,25,26,27). The Morgan fingerprint density at radius 2 is 1.59 bits per heavy atom. The molecule has 1 aliphatic rings. The zero-order valence-electron chi connectivity index (χ0n) is 19.8. The third-order valence-electron chi connectivity index (χ3n) is 5.74. The van der Waals surface area contributed by atoms with Gasteiger partial charge in [-0.1, -0.05) is 6.07 Å². The van der Waals surface area contributed by atoms with Gasteiger partial charge in [0.15, 0.2) is 0 Å².